The van der Waals surface area contributed by atoms with Gasteiger partial charge in [-0.25, -0.2) is 4.79 Å². The standard InChI is InChI=1S/C22H20N4O7/c1-13-5-3-4-6-15(13)23-19(27)12-33-17-10-8-14(11-18(17)32-2)7-9-16-20(26(30)31)21(28)25-22(29)24-16/h3-11H,12H2,1-2H3,(H,23,27)(H2,24,25,28,29)/b9-7+. The van der Waals surface area contributed by atoms with Crippen molar-refractivity contribution >= 4 is 29.4 Å². The van der Waals surface area contributed by atoms with Crippen LogP contribution in [0.1, 0.15) is 16.8 Å². The van der Waals surface area contributed by atoms with Crippen LogP contribution >= 0.6 is 0 Å². The number of carbonyl (C=O) groups is 1. The number of aromatic amines is 2. The molecule has 170 valence electrons. The number of hydrogen-bond donors (Lipinski definition) is 3. The van der Waals surface area contributed by atoms with Gasteiger partial charge in [-0.1, -0.05) is 30.3 Å². The van der Waals surface area contributed by atoms with Gasteiger partial charge in [-0.3, -0.25) is 24.7 Å². The highest BCUT2D eigenvalue weighted by Crippen LogP contribution is 2.29. The number of benzene rings is 2. The van der Waals surface area contributed by atoms with Gasteiger partial charge in [0.25, 0.3) is 5.91 Å². The molecular weight excluding hydrogens is 432 g/mol. The van der Waals surface area contributed by atoms with Gasteiger partial charge in [0.15, 0.2) is 18.1 Å². The number of aryl methyl sites for hydroxylation is 1. The van der Waals surface area contributed by atoms with E-state index in [2.05, 4.69) is 10.3 Å². The van der Waals surface area contributed by atoms with Gasteiger partial charge in [0.2, 0.25) is 0 Å². The van der Waals surface area contributed by atoms with Gasteiger partial charge >= 0.3 is 16.9 Å². The highest BCUT2D eigenvalue weighted by atomic mass is 16.6. The van der Waals surface area contributed by atoms with Crippen molar-refractivity contribution < 1.29 is 19.2 Å². The van der Waals surface area contributed by atoms with Crippen molar-refractivity contribution in [2.75, 3.05) is 19.0 Å². The van der Waals surface area contributed by atoms with Crippen molar-refractivity contribution in [2.45, 2.75) is 6.92 Å². The third-order valence-electron chi connectivity index (χ3n) is 4.54. The smallest absolute Gasteiger partial charge is 0.357 e. The zero-order valence-corrected chi connectivity index (χ0v) is 17.7. The van der Waals surface area contributed by atoms with E-state index >= 15 is 0 Å². The predicted octanol–water partition coefficient (Wildman–Crippen LogP) is 2.48. The number of hydrogen-bond acceptors (Lipinski definition) is 7. The van der Waals surface area contributed by atoms with Crippen LogP contribution < -0.4 is 26.0 Å². The van der Waals surface area contributed by atoms with Crippen molar-refractivity contribution in [2.24, 2.45) is 0 Å². The fraction of sp³-hybridized carbons (Fsp3) is 0.136. The number of aromatic nitrogens is 2. The molecule has 0 aliphatic rings. The maximum Gasteiger partial charge on any atom is 0.357 e. The number of nitrogens with zero attached hydrogens (tertiary/aromatic N) is 1. The normalized spacial score (nSPS) is 10.7. The molecule has 0 saturated carbocycles. The van der Waals surface area contributed by atoms with Gasteiger partial charge in [0, 0.05) is 5.69 Å². The molecule has 0 atom stereocenters. The average molecular weight is 452 g/mol. The summed E-state index contributed by atoms with van der Waals surface area (Å²) >= 11 is 0. The number of nitrogens with one attached hydrogen (secondary N) is 3. The Morgan fingerprint density at radius 1 is 1.12 bits per heavy atom. The fourth-order valence-corrected chi connectivity index (χ4v) is 2.93. The maximum atomic E-state index is 12.2. The Kier molecular flexibility index (Phi) is 7.03. The molecule has 1 aromatic heterocycles. The molecule has 33 heavy (non-hydrogen) atoms. The third-order valence-corrected chi connectivity index (χ3v) is 4.54. The first-order valence-electron chi connectivity index (χ1n) is 9.64. The molecule has 2 aromatic carbocycles. The van der Waals surface area contributed by atoms with E-state index in [-0.39, 0.29) is 18.2 Å². The number of carbonyl (C=O) groups excluding carboxylic acids is 1. The number of H-pyrrole nitrogens is 2. The second kappa shape index (κ2) is 10.1. The molecule has 0 aliphatic carbocycles. The number of amides is 1. The molecule has 3 aromatic rings. The Morgan fingerprint density at radius 2 is 1.88 bits per heavy atom. The Morgan fingerprint density at radius 3 is 2.58 bits per heavy atom. The van der Waals surface area contributed by atoms with Crippen LogP contribution in [0.25, 0.3) is 12.2 Å². The van der Waals surface area contributed by atoms with E-state index in [9.17, 15) is 24.5 Å². The van der Waals surface area contributed by atoms with Crippen LogP contribution in [0.2, 0.25) is 0 Å². The minimum atomic E-state index is -1.10. The average Bonchev–Trinajstić information content (AvgIpc) is 2.77. The molecule has 0 unspecified atom stereocenters. The second-order valence-corrected chi connectivity index (χ2v) is 6.82. The van der Waals surface area contributed by atoms with E-state index in [4.69, 9.17) is 9.47 Å². The van der Waals surface area contributed by atoms with E-state index in [1.165, 1.54) is 19.3 Å². The molecule has 0 spiro atoms. The van der Waals surface area contributed by atoms with Gasteiger partial charge in [-0.2, -0.15) is 0 Å². The van der Waals surface area contributed by atoms with Gasteiger partial charge in [0.1, 0.15) is 5.69 Å². The SMILES string of the molecule is COc1cc(/C=C/c2[nH]c(=O)[nH]c(=O)c2[N+](=O)[O-])ccc1OCC(=O)Nc1ccccc1C. The maximum absolute atomic E-state index is 12.2. The minimum Gasteiger partial charge on any atom is -0.493 e. The summed E-state index contributed by atoms with van der Waals surface area (Å²) in [5.41, 5.74) is -0.853. The van der Waals surface area contributed by atoms with E-state index < -0.39 is 21.9 Å². The van der Waals surface area contributed by atoms with Crippen molar-refractivity contribution in [3.63, 3.8) is 0 Å². The fourth-order valence-electron chi connectivity index (χ4n) is 2.93. The first kappa shape index (κ1) is 23.0. The molecule has 0 fully saturated rings. The minimum absolute atomic E-state index is 0.249. The van der Waals surface area contributed by atoms with E-state index in [1.54, 1.807) is 24.3 Å². The number of methoxy groups -OCH3 is 1. The quantitative estimate of drug-likeness (QED) is 0.350. The number of nitro groups is 1. The van der Waals surface area contributed by atoms with Gasteiger partial charge in [0.05, 0.1) is 12.0 Å². The molecule has 1 amide bonds. The summed E-state index contributed by atoms with van der Waals surface area (Å²) in [6.45, 7) is 1.63. The first-order chi connectivity index (χ1) is 15.8. The van der Waals surface area contributed by atoms with E-state index in [0.717, 1.165) is 5.56 Å². The van der Waals surface area contributed by atoms with Gasteiger partial charge < -0.3 is 19.8 Å². The lowest BCUT2D eigenvalue weighted by molar-refractivity contribution is -0.386. The van der Waals surface area contributed by atoms with E-state index in [0.29, 0.717) is 22.7 Å². The Labute approximate surface area is 186 Å². The van der Waals surface area contributed by atoms with Gasteiger partial charge in [-0.15, -0.1) is 0 Å². The molecule has 0 saturated heterocycles. The molecule has 1 heterocycles. The summed E-state index contributed by atoms with van der Waals surface area (Å²) in [5.74, 6) is 0.278. The molecule has 0 bridgehead atoms. The van der Waals surface area contributed by atoms with Crippen LogP contribution in [0, 0.1) is 17.0 Å². The highest BCUT2D eigenvalue weighted by molar-refractivity contribution is 5.92. The first-order valence-corrected chi connectivity index (χ1v) is 9.64. The lowest BCUT2D eigenvalue weighted by Crippen LogP contribution is -2.25. The second-order valence-electron chi connectivity index (χ2n) is 6.82. The summed E-state index contributed by atoms with van der Waals surface area (Å²) in [6.07, 6.45) is 2.69. The molecule has 0 aliphatic heterocycles. The van der Waals surface area contributed by atoms with Crippen LogP contribution in [0.5, 0.6) is 11.5 Å². The number of ether oxygens (including phenoxy) is 2. The zero-order valence-electron chi connectivity index (χ0n) is 17.7. The number of anilines is 1. The molecule has 3 rings (SSSR count). The Hall–Kier alpha value is -4.67. The van der Waals surface area contributed by atoms with Crippen molar-refractivity contribution in [3.05, 3.63) is 90.2 Å². The van der Waals surface area contributed by atoms with Gasteiger partial charge in [-0.05, 0) is 42.3 Å². The molecule has 0 radical (unpaired) electrons. The third kappa shape index (κ3) is 5.73. The van der Waals surface area contributed by atoms with Crippen LogP contribution in [0.3, 0.4) is 0 Å². The number of rotatable bonds is 8. The molecule has 11 heteroatoms. The van der Waals surface area contributed by atoms with Crippen molar-refractivity contribution in [3.8, 4) is 11.5 Å². The van der Waals surface area contributed by atoms with E-state index in [1.807, 2.05) is 30.1 Å². The zero-order chi connectivity index (χ0) is 24.0. The monoisotopic (exact) mass is 452 g/mol. The van der Waals surface area contributed by atoms with Crippen molar-refractivity contribution in [1.29, 1.82) is 0 Å². The van der Waals surface area contributed by atoms with Crippen LogP contribution in [0.4, 0.5) is 11.4 Å². The molecular formula is C22H20N4O7. The lowest BCUT2D eigenvalue weighted by Gasteiger charge is -2.12. The lowest BCUT2D eigenvalue weighted by atomic mass is 10.1. The summed E-state index contributed by atoms with van der Waals surface area (Å²) < 4.78 is 10.9. The summed E-state index contributed by atoms with van der Waals surface area (Å²) in [6, 6.07) is 12.1. The predicted molar refractivity (Wildman–Crippen MR) is 122 cm³/mol. The Bertz CT molecular complexity index is 1340. The topological polar surface area (TPSA) is 156 Å². The molecule has 3 N–H and O–H groups in total. The Balaban J connectivity index is 1.75. The highest BCUT2D eigenvalue weighted by Gasteiger charge is 2.18. The molecule has 11 nitrogen and oxygen atoms in total. The largest absolute Gasteiger partial charge is 0.493 e. The summed E-state index contributed by atoms with van der Waals surface area (Å²) in [4.78, 5) is 49.7. The van der Waals surface area contributed by atoms with Crippen LogP contribution in [-0.2, 0) is 4.79 Å². The van der Waals surface area contributed by atoms with Crippen LogP contribution in [0.15, 0.2) is 52.1 Å². The number of para-hydroxylation sites is 1. The van der Waals surface area contributed by atoms with Crippen molar-refractivity contribution in [1.82, 2.24) is 9.97 Å². The summed E-state index contributed by atoms with van der Waals surface area (Å²) in [5, 5.41) is 13.9. The summed E-state index contributed by atoms with van der Waals surface area (Å²) in [7, 11) is 1.42. The van der Waals surface area contributed by atoms with Crippen LogP contribution in [-0.4, -0.2) is 34.5 Å².